The molecule has 8 aromatic rings. The number of ether oxygens (including phenoxy) is 1. The molecule has 10 rings (SSSR count). The molecule has 7 aromatic carbocycles. The summed E-state index contributed by atoms with van der Waals surface area (Å²) in [5.74, 6) is 3.91. The van der Waals surface area contributed by atoms with Gasteiger partial charge in [0.05, 0.1) is 0 Å². The van der Waals surface area contributed by atoms with Crippen LogP contribution in [0.2, 0.25) is 0 Å². The Morgan fingerprint density at radius 2 is 0.964 bits per heavy atom. The van der Waals surface area contributed by atoms with Gasteiger partial charge in [-0.3, -0.25) is 0 Å². The summed E-state index contributed by atoms with van der Waals surface area (Å²) in [5.41, 5.74) is 13.0. The number of nitrogens with zero attached hydrogens (tertiary/aromatic N) is 4. The van der Waals surface area contributed by atoms with Crippen molar-refractivity contribution in [2.75, 3.05) is 4.90 Å². The van der Waals surface area contributed by atoms with Crippen LogP contribution in [0.15, 0.2) is 170 Å². The van der Waals surface area contributed by atoms with Crippen LogP contribution in [0.3, 0.4) is 0 Å². The van der Waals surface area contributed by atoms with Crippen LogP contribution in [-0.4, -0.2) is 15.0 Å². The van der Waals surface area contributed by atoms with Gasteiger partial charge in [-0.15, -0.1) is 0 Å². The Morgan fingerprint density at radius 1 is 0.473 bits per heavy atom. The molecule has 0 amide bonds. The van der Waals surface area contributed by atoms with Crippen LogP contribution in [0.1, 0.15) is 48.9 Å². The summed E-state index contributed by atoms with van der Waals surface area (Å²) >= 11 is 0. The van der Waals surface area contributed by atoms with Gasteiger partial charge in [0.1, 0.15) is 11.5 Å². The molecule has 2 aliphatic heterocycles. The molecule has 0 atom stereocenters. The molecule has 0 radical (unpaired) electrons. The highest BCUT2D eigenvalue weighted by Gasteiger charge is 2.36. The smallest absolute Gasteiger partial charge is 0.164 e. The summed E-state index contributed by atoms with van der Waals surface area (Å²) in [6.07, 6.45) is 0. The zero-order valence-corrected chi connectivity index (χ0v) is 30.9. The number of para-hydroxylation sites is 2. The van der Waals surface area contributed by atoms with E-state index in [1.165, 1.54) is 22.5 Å². The van der Waals surface area contributed by atoms with Crippen LogP contribution in [0.4, 0.5) is 17.1 Å². The minimum absolute atomic E-state index is 0.283. The number of anilines is 3. The van der Waals surface area contributed by atoms with E-state index in [1.807, 2.05) is 66.7 Å². The fourth-order valence-corrected chi connectivity index (χ4v) is 8.35. The average molecular weight is 711 g/mol. The number of hydrogen-bond acceptors (Lipinski definition) is 5. The van der Waals surface area contributed by atoms with E-state index in [1.54, 1.807) is 0 Å². The molecule has 55 heavy (non-hydrogen) atoms. The molecular formula is C50H38N4O. The van der Waals surface area contributed by atoms with Gasteiger partial charge in [-0.2, -0.15) is 0 Å². The Bertz CT molecular complexity index is 2640. The molecular weight excluding hydrogens is 673 g/mol. The van der Waals surface area contributed by atoms with E-state index in [9.17, 15) is 0 Å². The van der Waals surface area contributed by atoms with Crippen molar-refractivity contribution in [1.29, 1.82) is 0 Å². The van der Waals surface area contributed by atoms with Crippen LogP contribution in [0.5, 0.6) is 11.5 Å². The second-order valence-electron chi connectivity index (χ2n) is 14.9. The predicted octanol–water partition coefficient (Wildman–Crippen LogP) is 12.9. The van der Waals surface area contributed by atoms with Crippen molar-refractivity contribution in [2.24, 2.45) is 0 Å². The molecule has 0 bridgehead atoms. The molecule has 1 aromatic heterocycles. The van der Waals surface area contributed by atoms with Crippen LogP contribution in [0.25, 0.3) is 45.3 Å². The summed E-state index contributed by atoms with van der Waals surface area (Å²) in [7, 11) is 0. The van der Waals surface area contributed by atoms with Crippen molar-refractivity contribution >= 4 is 17.1 Å². The summed E-state index contributed by atoms with van der Waals surface area (Å²) in [4.78, 5) is 17.4. The second-order valence-corrected chi connectivity index (χ2v) is 14.9. The Balaban J connectivity index is 1.07. The quantitative estimate of drug-likeness (QED) is 0.178. The van der Waals surface area contributed by atoms with Gasteiger partial charge in [0.2, 0.25) is 0 Å². The maximum absolute atomic E-state index is 6.94. The normalized spacial score (nSPS) is 13.9. The molecule has 0 spiro atoms. The van der Waals surface area contributed by atoms with Crippen molar-refractivity contribution < 1.29 is 4.74 Å². The molecule has 5 heteroatoms. The Hall–Kier alpha value is -6.85. The number of benzene rings is 7. The van der Waals surface area contributed by atoms with Crippen molar-refractivity contribution in [2.45, 2.75) is 32.1 Å². The minimum Gasteiger partial charge on any atom is -0.457 e. The van der Waals surface area contributed by atoms with Gasteiger partial charge in [-0.05, 0) is 46.5 Å². The number of fused-ring (bicyclic) bond motifs is 4. The Kier molecular flexibility index (Phi) is 7.70. The average Bonchev–Trinajstić information content (AvgIpc) is 3.24. The zero-order valence-electron chi connectivity index (χ0n) is 30.9. The standard InChI is InChI=1S/C50H38N4O/c1-32-37-20-12-14-24-43(37)54(44-25-15-13-21-38(32)44)36-27-29-42-46(31-36)55-45-30-35(26-28-41(45)50(42,2)3)39-22-10-11-23-40(39)49-52-47(33-16-6-4-7-17-33)51-48(53-49)34-18-8-5-9-19-34/h4-32H,1-3H3. The summed E-state index contributed by atoms with van der Waals surface area (Å²) in [6.45, 7) is 6.87. The van der Waals surface area contributed by atoms with Crippen LogP contribution >= 0.6 is 0 Å². The van der Waals surface area contributed by atoms with Gasteiger partial charge in [0.15, 0.2) is 17.5 Å². The molecule has 0 aliphatic carbocycles. The molecule has 264 valence electrons. The maximum atomic E-state index is 6.94. The summed E-state index contributed by atoms with van der Waals surface area (Å²) in [5, 5.41) is 0. The summed E-state index contributed by atoms with van der Waals surface area (Å²) in [6, 6.07) is 59.3. The molecule has 0 saturated carbocycles. The second kappa shape index (κ2) is 12.9. The lowest BCUT2D eigenvalue weighted by Gasteiger charge is -2.38. The van der Waals surface area contributed by atoms with Crippen molar-refractivity contribution in [3.05, 3.63) is 192 Å². The number of aromatic nitrogens is 3. The monoisotopic (exact) mass is 710 g/mol. The number of hydrogen-bond donors (Lipinski definition) is 0. The molecule has 0 saturated heterocycles. The maximum Gasteiger partial charge on any atom is 0.164 e. The van der Waals surface area contributed by atoms with Gasteiger partial charge >= 0.3 is 0 Å². The first-order valence-corrected chi connectivity index (χ1v) is 18.9. The summed E-state index contributed by atoms with van der Waals surface area (Å²) < 4.78 is 6.94. The molecule has 0 fully saturated rings. The Labute approximate surface area is 321 Å². The van der Waals surface area contributed by atoms with E-state index in [4.69, 9.17) is 19.7 Å². The van der Waals surface area contributed by atoms with Crippen molar-refractivity contribution in [3.63, 3.8) is 0 Å². The van der Waals surface area contributed by atoms with E-state index < -0.39 is 0 Å². The Morgan fingerprint density at radius 3 is 1.58 bits per heavy atom. The van der Waals surface area contributed by atoms with E-state index in [2.05, 4.69) is 129 Å². The van der Waals surface area contributed by atoms with Gasteiger partial charge in [0, 0.05) is 62.3 Å². The molecule has 0 unspecified atom stereocenters. The predicted molar refractivity (Wildman–Crippen MR) is 222 cm³/mol. The van der Waals surface area contributed by atoms with E-state index in [-0.39, 0.29) is 5.41 Å². The van der Waals surface area contributed by atoms with Gasteiger partial charge in [0.25, 0.3) is 0 Å². The zero-order chi connectivity index (χ0) is 37.1. The topological polar surface area (TPSA) is 51.1 Å². The van der Waals surface area contributed by atoms with Crippen molar-refractivity contribution in [1.82, 2.24) is 15.0 Å². The van der Waals surface area contributed by atoms with Gasteiger partial charge in [-0.25, -0.2) is 15.0 Å². The van der Waals surface area contributed by atoms with Crippen LogP contribution in [-0.2, 0) is 5.41 Å². The van der Waals surface area contributed by atoms with Crippen LogP contribution < -0.4 is 9.64 Å². The first-order chi connectivity index (χ1) is 26.9. The SMILES string of the molecule is CC1c2ccccc2N(c2ccc3c(c2)Oc2cc(-c4ccccc4-c4nc(-c5ccccc5)nc(-c5ccccc5)n4)ccc2C3(C)C)c2ccccc21. The van der Waals surface area contributed by atoms with Gasteiger partial charge in [-0.1, -0.05) is 160 Å². The highest BCUT2D eigenvalue weighted by molar-refractivity contribution is 5.86. The lowest BCUT2D eigenvalue weighted by molar-refractivity contribution is 0.418. The third-order valence-corrected chi connectivity index (χ3v) is 11.2. The molecule has 3 heterocycles. The van der Waals surface area contributed by atoms with Crippen molar-refractivity contribution in [3.8, 4) is 56.8 Å². The fourth-order valence-electron chi connectivity index (χ4n) is 8.35. The van der Waals surface area contributed by atoms with E-state index >= 15 is 0 Å². The lowest BCUT2D eigenvalue weighted by atomic mass is 9.75. The van der Waals surface area contributed by atoms with E-state index in [0.717, 1.165) is 56.1 Å². The number of rotatable bonds is 5. The molecule has 5 nitrogen and oxygen atoms in total. The van der Waals surface area contributed by atoms with Gasteiger partial charge < -0.3 is 9.64 Å². The minimum atomic E-state index is -0.283. The fraction of sp³-hybridized carbons (Fsp3) is 0.100. The van der Waals surface area contributed by atoms with E-state index in [0.29, 0.717) is 23.4 Å². The third-order valence-electron chi connectivity index (χ3n) is 11.2. The first kappa shape index (κ1) is 32.8. The third kappa shape index (κ3) is 5.50. The molecule has 0 N–H and O–H groups in total. The highest BCUT2D eigenvalue weighted by Crippen LogP contribution is 2.53. The van der Waals surface area contributed by atoms with Crippen LogP contribution in [0, 0.1) is 0 Å². The largest absolute Gasteiger partial charge is 0.457 e. The highest BCUT2D eigenvalue weighted by atomic mass is 16.5. The lowest BCUT2D eigenvalue weighted by Crippen LogP contribution is -2.25. The molecule has 2 aliphatic rings. The first-order valence-electron chi connectivity index (χ1n) is 18.9.